The molecule has 2 N–H and O–H groups in total. The van der Waals surface area contributed by atoms with Gasteiger partial charge in [-0.3, -0.25) is 9.59 Å². The molecule has 1 atom stereocenters. The van der Waals surface area contributed by atoms with Crippen LogP contribution in [0.1, 0.15) is 23.9 Å². The minimum atomic E-state index is -0.320. The molecule has 0 aliphatic heterocycles. The number of carbonyl (C=O) groups is 2. The lowest BCUT2D eigenvalue weighted by Gasteiger charge is -2.14. The molecule has 0 spiro atoms. The Morgan fingerprint density at radius 3 is 2.66 bits per heavy atom. The number of thiazole rings is 1. The van der Waals surface area contributed by atoms with Gasteiger partial charge in [-0.2, -0.15) is 0 Å². The average molecular weight is 464 g/mol. The third-order valence-electron chi connectivity index (χ3n) is 4.58. The molecule has 0 aliphatic rings. The summed E-state index contributed by atoms with van der Waals surface area (Å²) >= 11 is 2.85. The summed E-state index contributed by atoms with van der Waals surface area (Å²) in [5.74, 6) is -0.177. The number of aromatic nitrogens is 1. The monoisotopic (exact) mass is 463 g/mol. The molecule has 2 amide bonds. The minimum absolute atomic E-state index is 0.100. The van der Waals surface area contributed by atoms with E-state index in [0.717, 1.165) is 16.2 Å². The van der Waals surface area contributed by atoms with Crippen LogP contribution >= 0.6 is 23.1 Å². The Balaban J connectivity index is 1.39. The van der Waals surface area contributed by atoms with E-state index in [-0.39, 0.29) is 22.8 Å². The van der Waals surface area contributed by atoms with Crippen molar-refractivity contribution < 1.29 is 14.0 Å². The Bertz CT molecular complexity index is 1190. The van der Waals surface area contributed by atoms with Crippen LogP contribution in [0.15, 0.2) is 87.7 Å². The van der Waals surface area contributed by atoms with E-state index in [1.54, 1.807) is 18.2 Å². The maximum Gasteiger partial charge on any atom is 0.291 e. The Kier molecular flexibility index (Phi) is 7.03. The van der Waals surface area contributed by atoms with Gasteiger partial charge in [0.25, 0.3) is 5.91 Å². The van der Waals surface area contributed by atoms with Crippen molar-refractivity contribution in [3.8, 4) is 11.3 Å². The number of nitrogens with zero attached hydrogens (tertiary/aromatic N) is 1. The molecular weight excluding hydrogens is 442 g/mol. The number of anilines is 2. The van der Waals surface area contributed by atoms with Crippen LogP contribution in [-0.4, -0.2) is 22.0 Å². The normalized spacial score (nSPS) is 11.7. The van der Waals surface area contributed by atoms with Crippen molar-refractivity contribution in [3.63, 3.8) is 0 Å². The third kappa shape index (κ3) is 5.46. The first kappa shape index (κ1) is 21.9. The molecule has 4 rings (SSSR count). The van der Waals surface area contributed by atoms with Gasteiger partial charge < -0.3 is 15.1 Å². The molecule has 4 aromatic rings. The number of furan rings is 1. The molecular formula is C24H21N3O3S2. The zero-order valence-electron chi connectivity index (χ0n) is 17.3. The van der Waals surface area contributed by atoms with Gasteiger partial charge in [-0.15, -0.1) is 23.1 Å². The minimum Gasteiger partial charge on any atom is -0.459 e. The summed E-state index contributed by atoms with van der Waals surface area (Å²) in [5, 5.41) is 7.96. The second-order valence-corrected chi connectivity index (χ2v) is 9.00. The van der Waals surface area contributed by atoms with E-state index in [0.29, 0.717) is 17.2 Å². The fraction of sp³-hybridized carbons (Fsp3) is 0.125. The summed E-state index contributed by atoms with van der Waals surface area (Å²) in [6.45, 7) is 1.97. The third-order valence-corrected chi connectivity index (χ3v) is 6.70. The highest BCUT2D eigenvalue weighted by molar-refractivity contribution is 8.00. The number of thioether (sulfide) groups is 1. The predicted molar refractivity (Wildman–Crippen MR) is 129 cm³/mol. The quantitative estimate of drug-likeness (QED) is 0.306. The van der Waals surface area contributed by atoms with Gasteiger partial charge in [0.05, 0.1) is 17.2 Å². The van der Waals surface area contributed by atoms with Gasteiger partial charge >= 0.3 is 0 Å². The lowest BCUT2D eigenvalue weighted by molar-refractivity contribution is -0.115. The van der Waals surface area contributed by atoms with Crippen molar-refractivity contribution in [3.05, 3.63) is 84.1 Å². The summed E-state index contributed by atoms with van der Waals surface area (Å²) < 4.78 is 5.12. The topological polar surface area (TPSA) is 84.2 Å². The van der Waals surface area contributed by atoms with Crippen LogP contribution in [0, 0.1) is 0 Å². The van der Waals surface area contributed by atoms with Crippen LogP contribution in [0.3, 0.4) is 0 Å². The van der Waals surface area contributed by atoms with Crippen LogP contribution in [0.2, 0.25) is 0 Å². The Morgan fingerprint density at radius 2 is 1.91 bits per heavy atom. The molecule has 32 heavy (non-hydrogen) atoms. The first-order valence-electron chi connectivity index (χ1n) is 10.1. The number of rotatable bonds is 8. The summed E-state index contributed by atoms with van der Waals surface area (Å²) in [6.07, 6.45) is 2.10. The molecule has 6 nitrogen and oxygen atoms in total. The van der Waals surface area contributed by atoms with Crippen LogP contribution in [0.5, 0.6) is 0 Å². The number of hydrogen-bond donors (Lipinski definition) is 2. The molecule has 2 heterocycles. The standard InChI is InChI=1S/C24H21N3O3S2/c1-2-21(23(29)27-24-26-19(15-31-24)16-8-4-3-5-9-16)32-18-11-6-10-17(14-18)25-22(28)20-12-7-13-30-20/h3-15,21H,2H2,1H3,(H,25,28)(H,26,27,29). The maximum absolute atomic E-state index is 12.9. The largest absolute Gasteiger partial charge is 0.459 e. The van der Waals surface area contributed by atoms with Gasteiger partial charge in [0.2, 0.25) is 5.91 Å². The van der Waals surface area contributed by atoms with Crippen LogP contribution in [0.4, 0.5) is 10.8 Å². The number of benzene rings is 2. The van der Waals surface area contributed by atoms with E-state index in [1.165, 1.54) is 29.4 Å². The van der Waals surface area contributed by atoms with Gasteiger partial charge in [0, 0.05) is 21.5 Å². The molecule has 2 aromatic heterocycles. The fourth-order valence-corrected chi connectivity index (χ4v) is 4.73. The molecule has 0 aliphatic carbocycles. The summed E-state index contributed by atoms with van der Waals surface area (Å²) in [4.78, 5) is 30.5. The van der Waals surface area contributed by atoms with Crippen molar-refractivity contribution in [2.24, 2.45) is 0 Å². The summed E-state index contributed by atoms with van der Waals surface area (Å²) in [5.41, 5.74) is 2.49. The summed E-state index contributed by atoms with van der Waals surface area (Å²) in [6, 6.07) is 20.5. The zero-order chi connectivity index (χ0) is 22.3. The molecule has 0 fully saturated rings. The van der Waals surface area contributed by atoms with Gasteiger partial charge in [0.15, 0.2) is 10.9 Å². The number of carbonyl (C=O) groups excluding carboxylic acids is 2. The van der Waals surface area contributed by atoms with E-state index in [1.807, 2.05) is 60.8 Å². The average Bonchev–Trinajstić information content (AvgIpc) is 3.51. The molecule has 0 bridgehead atoms. The molecule has 0 saturated carbocycles. The van der Waals surface area contributed by atoms with E-state index in [9.17, 15) is 9.59 Å². The van der Waals surface area contributed by atoms with Crippen molar-refractivity contribution in [2.45, 2.75) is 23.5 Å². The second kappa shape index (κ2) is 10.3. The smallest absolute Gasteiger partial charge is 0.291 e. The molecule has 1 unspecified atom stereocenters. The number of hydrogen-bond acceptors (Lipinski definition) is 6. The Labute approximate surface area is 194 Å². The molecule has 0 saturated heterocycles. The van der Waals surface area contributed by atoms with Crippen molar-refractivity contribution >= 4 is 45.7 Å². The molecule has 8 heteroatoms. The zero-order valence-corrected chi connectivity index (χ0v) is 18.9. The Hall–Kier alpha value is -3.36. The molecule has 2 aromatic carbocycles. The fourth-order valence-electron chi connectivity index (χ4n) is 2.99. The van der Waals surface area contributed by atoms with Crippen LogP contribution in [-0.2, 0) is 4.79 Å². The molecule has 0 radical (unpaired) electrons. The maximum atomic E-state index is 12.9. The van der Waals surface area contributed by atoms with E-state index in [4.69, 9.17) is 4.42 Å². The summed E-state index contributed by atoms with van der Waals surface area (Å²) in [7, 11) is 0. The lowest BCUT2D eigenvalue weighted by Crippen LogP contribution is -2.24. The SMILES string of the molecule is CCC(Sc1cccc(NC(=O)c2ccco2)c1)C(=O)Nc1nc(-c2ccccc2)cs1. The highest BCUT2D eigenvalue weighted by Crippen LogP contribution is 2.30. The second-order valence-electron chi connectivity index (χ2n) is 6.87. The van der Waals surface area contributed by atoms with E-state index < -0.39 is 0 Å². The first-order chi connectivity index (χ1) is 15.6. The number of amides is 2. The highest BCUT2D eigenvalue weighted by atomic mass is 32.2. The van der Waals surface area contributed by atoms with E-state index >= 15 is 0 Å². The molecule has 162 valence electrons. The van der Waals surface area contributed by atoms with Gasteiger partial charge in [-0.25, -0.2) is 4.98 Å². The lowest BCUT2D eigenvalue weighted by atomic mass is 10.2. The van der Waals surface area contributed by atoms with Crippen molar-refractivity contribution in [2.75, 3.05) is 10.6 Å². The first-order valence-corrected chi connectivity index (χ1v) is 11.8. The van der Waals surface area contributed by atoms with Crippen molar-refractivity contribution in [1.82, 2.24) is 4.98 Å². The highest BCUT2D eigenvalue weighted by Gasteiger charge is 2.20. The predicted octanol–water partition coefficient (Wildman–Crippen LogP) is 6.16. The van der Waals surface area contributed by atoms with Gasteiger partial charge in [-0.1, -0.05) is 43.3 Å². The van der Waals surface area contributed by atoms with Crippen molar-refractivity contribution in [1.29, 1.82) is 0 Å². The van der Waals surface area contributed by atoms with E-state index in [2.05, 4.69) is 15.6 Å². The van der Waals surface area contributed by atoms with Gasteiger partial charge in [0.1, 0.15) is 0 Å². The van der Waals surface area contributed by atoms with Crippen LogP contribution in [0.25, 0.3) is 11.3 Å². The Morgan fingerprint density at radius 1 is 1.06 bits per heavy atom. The van der Waals surface area contributed by atoms with Gasteiger partial charge in [-0.05, 0) is 36.8 Å². The van der Waals surface area contributed by atoms with Crippen LogP contribution < -0.4 is 10.6 Å². The number of nitrogens with one attached hydrogen (secondary N) is 2.